The summed E-state index contributed by atoms with van der Waals surface area (Å²) in [6.07, 6.45) is 7.68. The van der Waals surface area contributed by atoms with E-state index in [0.29, 0.717) is 0 Å². The van der Waals surface area contributed by atoms with Gasteiger partial charge in [0.1, 0.15) is 19.2 Å². The Balaban J connectivity index is 1.82. The molecule has 1 amide bonds. The number of pyridine rings is 1. The Bertz CT molecular complexity index is 493. The van der Waals surface area contributed by atoms with E-state index in [9.17, 15) is 4.79 Å². The van der Waals surface area contributed by atoms with Crippen LogP contribution in [0.5, 0.6) is 0 Å². The quantitative estimate of drug-likeness (QED) is 0.583. The van der Waals surface area contributed by atoms with E-state index >= 15 is 0 Å². The summed E-state index contributed by atoms with van der Waals surface area (Å²) in [5.41, 5.74) is 3.25. The van der Waals surface area contributed by atoms with Gasteiger partial charge >= 0.3 is 0 Å². The van der Waals surface area contributed by atoms with Crippen molar-refractivity contribution in [1.82, 2.24) is 25.2 Å². The van der Waals surface area contributed by atoms with Crippen LogP contribution >= 0.6 is 0 Å². The summed E-state index contributed by atoms with van der Waals surface area (Å²) >= 11 is 0. The molecule has 2 aromatic heterocycles. The monoisotopic (exact) mass is 230 g/mol. The van der Waals surface area contributed by atoms with Gasteiger partial charge in [0.15, 0.2) is 0 Å². The molecule has 86 valence electrons. The molecule has 0 atom stereocenters. The van der Waals surface area contributed by atoms with E-state index in [1.54, 1.807) is 30.7 Å². The van der Waals surface area contributed by atoms with Crippen molar-refractivity contribution >= 4 is 12.1 Å². The summed E-state index contributed by atoms with van der Waals surface area (Å²) in [6, 6.07) is 3.57. The van der Waals surface area contributed by atoms with Gasteiger partial charge in [-0.1, -0.05) is 0 Å². The van der Waals surface area contributed by atoms with Crippen molar-refractivity contribution in [3.63, 3.8) is 0 Å². The highest BCUT2D eigenvalue weighted by Gasteiger charge is 2.00. The van der Waals surface area contributed by atoms with E-state index in [1.165, 1.54) is 17.3 Å². The van der Waals surface area contributed by atoms with Gasteiger partial charge in [-0.05, 0) is 17.7 Å². The minimum atomic E-state index is -0.263. The molecule has 2 aromatic rings. The Kier molecular flexibility index (Phi) is 3.53. The molecule has 0 radical (unpaired) electrons. The van der Waals surface area contributed by atoms with Crippen molar-refractivity contribution in [1.29, 1.82) is 0 Å². The highest BCUT2D eigenvalue weighted by Crippen LogP contribution is 1.90. The van der Waals surface area contributed by atoms with Gasteiger partial charge in [-0.25, -0.2) is 15.1 Å². The molecule has 7 nitrogen and oxygen atoms in total. The lowest BCUT2D eigenvalue weighted by molar-refractivity contribution is -0.121. The largest absolute Gasteiger partial charge is 0.271 e. The summed E-state index contributed by atoms with van der Waals surface area (Å²) in [5.74, 6) is -0.263. The van der Waals surface area contributed by atoms with Gasteiger partial charge in [0.25, 0.3) is 5.91 Å². The van der Waals surface area contributed by atoms with Gasteiger partial charge in [-0.3, -0.25) is 9.78 Å². The number of carbonyl (C=O) groups excluding carboxylic acids is 1. The number of carbonyl (C=O) groups is 1. The standard InChI is InChI=1S/C10H10N6O/c17-10(6-16-8-12-7-14-16)15-13-5-9-1-3-11-4-2-9/h1-5,7-8H,6H2,(H,15,17)/b13-5-. The Morgan fingerprint density at radius 2 is 2.24 bits per heavy atom. The van der Waals surface area contributed by atoms with Crippen LogP contribution in [0.15, 0.2) is 42.3 Å². The van der Waals surface area contributed by atoms with Gasteiger partial charge in [0.2, 0.25) is 0 Å². The highest BCUT2D eigenvalue weighted by molar-refractivity contribution is 5.81. The predicted octanol–water partition coefficient (Wildman–Crippen LogP) is -0.177. The van der Waals surface area contributed by atoms with Crippen LogP contribution in [-0.2, 0) is 11.3 Å². The lowest BCUT2D eigenvalue weighted by Gasteiger charge is -1.98. The zero-order chi connectivity index (χ0) is 11.9. The van der Waals surface area contributed by atoms with E-state index < -0.39 is 0 Å². The van der Waals surface area contributed by atoms with Crippen molar-refractivity contribution < 1.29 is 4.79 Å². The van der Waals surface area contributed by atoms with Gasteiger partial charge in [-0.2, -0.15) is 10.2 Å². The normalized spacial score (nSPS) is 10.6. The van der Waals surface area contributed by atoms with Gasteiger partial charge < -0.3 is 0 Å². The molecule has 0 aromatic carbocycles. The summed E-state index contributed by atoms with van der Waals surface area (Å²) in [5, 5.41) is 7.62. The topological polar surface area (TPSA) is 85.1 Å². The van der Waals surface area contributed by atoms with Gasteiger partial charge in [0.05, 0.1) is 6.21 Å². The van der Waals surface area contributed by atoms with Crippen molar-refractivity contribution in [3.05, 3.63) is 42.7 Å². The lowest BCUT2D eigenvalue weighted by atomic mass is 10.3. The van der Waals surface area contributed by atoms with Crippen LogP contribution in [0.3, 0.4) is 0 Å². The van der Waals surface area contributed by atoms with Crippen LogP contribution in [0.4, 0.5) is 0 Å². The number of nitrogens with zero attached hydrogens (tertiary/aromatic N) is 5. The van der Waals surface area contributed by atoms with Crippen molar-refractivity contribution in [2.45, 2.75) is 6.54 Å². The van der Waals surface area contributed by atoms with Crippen molar-refractivity contribution in [3.8, 4) is 0 Å². The number of hydrazone groups is 1. The molecule has 0 saturated heterocycles. The third-order valence-corrected chi connectivity index (χ3v) is 1.88. The van der Waals surface area contributed by atoms with Crippen molar-refractivity contribution in [2.75, 3.05) is 0 Å². The zero-order valence-corrected chi connectivity index (χ0v) is 8.89. The van der Waals surface area contributed by atoms with Crippen LogP contribution in [0, 0.1) is 0 Å². The van der Waals surface area contributed by atoms with E-state index in [4.69, 9.17) is 0 Å². The average molecular weight is 230 g/mol. The second-order valence-corrected chi connectivity index (χ2v) is 3.17. The fraction of sp³-hybridized carbons (Fsp3) is 0.100. The van der Waals surface area contributed by atoms with Crippen LogP contribution in [0.1, 0.15) is 5.56 Å². The maximum atomic E-state index is 11.4. The molecular weight excluding hydrogens is 220 g/mol. The van der Waals surface area contributed by atoms with E-state index in [0.717, 1.165) is 5.56 Å². The molecule has 0 aliphatic heterocycles. The fourth-order valence-corrected chi connectivity index (χ4v) is 1.13. The Hall–Kier alpha value is -2.57. The summed E-state index contributed by atoms with van der Waals surface area (Å²) in [4.78, 5) is 19.0. The summed E-state index contributed by atoms with van der Waals surface area (Å²) in [7, 11) is 0. The molecule has 0 aliphatic rings. The fourth-order valence-electron chi connectivity index (χ4n) is 1.13. The Morgan fingerprint density at radius 3 is 2.94 bits per heavy atom. The molecule has 0 spiro atoms. The summed E-state index contributed by atoms with van der Waals surface area (Å²) in [6.45, 7) is 0.0910. The molecule has 17 heavy (non-hydrogen) atoms. The molecule has 2 rings (SSSR count). The van der Waals surface area contributed by atoms with Gasteiger partial charge in [0, 0.05) is 12.4 Å². The second-order valence-electron chi connectivity index (χ2n) is 3.17. The first-order valence-corrected chi connectivity index (χ1v) is 4.89. The first kappa shape index (κ1) is 10.9. The van der Waals surface area contributed by atoms with Crippen molar-refractivity contribution in [2.24, 2.45) is 5.10 Å². The molecule has 0 unspecified atom stereocenters. The number of rotatable bonds is 4. The first-order chi connectivity index (χ1) is 8.34. The maximum Gasteiger partial charge on any atom is 0.261 e. The van der Waals surface area contributed by atoms with Crippen LogP contribution in [0.2, 0.25) is 0 Å². The molecule has 1 N–H and O–H groups in total. The number of aromatic nitrogens is 4. The minimum Gasteiger partial charge on any atom is -0.271 e. The number of hydrogen-bond donors (Lipinski definition) is 1. The van der Waals surface area contributed by atoms with Crippen LogP contribution in [-0.4, -0.2) is 31.9 Å². The Labute approximate surface area is 97.2 Å². The molecule has 0 fully saturated rings. The predicted molar refractivity (Wildman–Crippen MR) is 60.0 cm³/mol. The molecule has 0 aliphatic carbocycles. The SMILES string of the molecule is O=C(Cn1cncn1)N/N=C\c1ccncc1. The smallest absolute Gasteiger partial charge is 0.261 e. The maximum absolute atomic E-state index is 11.4. The molecule has 7 heteroatoms. The summed E-state index contributed by atoms with van der Waals surface area (Å²) < 4.78 is 1.41. The van der Waals surface area contributed by atoms with Crippen LogP contribution < -0.4 is 5.43 Å². The Morgan fingerprint density at radius 1 is 1.41 bits per heavy atom. The van der Waals surface area contributed by atoms with Crippen LogP contribution in [0.25, 0.3) is 0 Å². The number of amides is 1. The zero-order valence-electron chi connectivity index (χ0n) is 8.89. The molecule has 2 heterocycles. The molecule has 0 bridgehead atoms. The molecular formula is C10H10N6O. The van der Waals surface area contributed by atoms with E-state index in [2.05, 4.69) is 25.6 Å². The highest BCUT2D eigenvalue weighted by atomic mass is 16.2. The average Bonchev–Trinajstić information content (AvgIpc) is 2.83. The second kappa shape index (κ2) is 5.50. The van der Waals surface area contributed by atoms with E-state index in [1.807, 2.05) is 0 Å². The number of hydrogen-bond acceptors (Lipinski definition) is 5. The third kappa shape index (κ3) is 3.49. The van der Waals surface area contributed by atoms with Gasteiger partial charge in [-0.15, -0.1) is 0 Å². The third-order valence-electron chi connectivity index (χ3n) is 1.88. The van der Waals surface area contributed by atoms with E-state index in [-0.39, 0.29) is 12.5 Å². The lowest BCUT2D eigenvalue weighted by Crippen LogP contribution is -2.23. The minimum absolute atomic E-state index is 0.0910. The molecule has 0 saturated carbocycles. The number of nitrogens with one attached hydrogen (secondary N) is 1. The first-order valence-electron chi connectivity index (χ1n) is 4.89.